The minimum atomic E-state index is -4.58. The Labute approximate surface area is 174 Å². The van der Waals surface area contributed by atoms with Crippen molar-refractivity contribution in [2.24, 2.45) is 5.92 Å². The number of rotatable bonds is 5. The minimum Gasteiger partial charge on any atom is -0.440 e. The van der Waals surface area contributed by atoms with Crippen molar-refractivity contribution >= 4 is 39.5 Å². The summed E-state index contributed by atoms with van der Waals surface area (Å²) in [5.41, 5.74) is 0.587. The molecule has 0 aromatic heterocycles. The number of carbonyl (C=O) groups excluding carboxylic acids is 3. The van der Waals surface area contributed by atoms with Gasteiger partial charge in [0.1, 0.15) is 0 Å². The SMILES string of the molecule is CN(CC(=O)Nc1ccccc1Br)C(=O)C1CCN(C(=O)OCC(F)(F)F)CC1. The van der Waals surface area contributed by atoms with Gasteiger partial charge in [0.15, 0.2) is 6.61 Å². The normalized spacial score (nSPS) is 15.0. The van der Waals surface area contributed by atoms with Crippen LogP contribution in [-0.4, -0.2) is 67.2 Å². The number of hydrogen-bond acceptors (Lipinski definition) is 4. The number of nitrogens with one attached hydrogen (secondary N) is 1. The summed E-state index contributed by atoms with van der Waals surface area (Å²) in [6.07, 6.45) is -5.05. The smallest absolute Gasteiger partial charge is 0.422 e. The molecule has 160 valence electrons. The number of piperidine rings is 1. The number of benzene rings is 1. The highest BCUT2D eigenvalue weighted by molar-refractivity contribution is 9.10. The number of nitrogens with zero attached hydrogens (tertiary/aromatic N) is 2. The summed E-state index contributed by atoms with van der Waals surface area (Å²) in [6, 6.07) is 7.07. The van der Waals surface area contributed by atoms with E-state index in [0.29, 0.717) is 10.2 Å². The highest BCUT2D eigenvalue weighted by Crippen LogP contribution is 2.23. The highest BCUT2D eigenvalue weighted by Gasteiger charge is 2.33. The second kappa shape index (κ2) is 9.95. The van der Waals surface area contributed by atoms with Crippen molar-refractivity contribution in [3.05, 3.63) is 28.7 Å². The van der Waals surface area contributed by atoms with E-state index in [2.05, 4.69) is 26.0 Å². The molecule has 1 aromatic carbocycles. The van der Waals surface area contributed by atoms with E-state index in [1.165, 1.54) is 11.9 Å². The second-order valence-corrected chi connectivity index (χ2v) is 7.51. The molecule has 0 unspecified atom stereocenters. The molecule has 0 saturated carbocycles. The average Bonchev–Trinajstić information content (AvgIpc) is 2.66. The third-order valence-corrected chi connectivity index (χ3v) is 5.06. The van der Waals surface area contributed by atoms with Crippen LogP contribution in [0.15, 0.2) is 28.7 Å². The molecular formula is C18H21BrF3N3O4. The van der Waals surface area contributed by atoms with Gasteiger partial charge in [-0.1, -0.05) is 12.1 Å². The van der Waals surface area contributed by atoms with Gasteiger partial charge in [0.25, 0.3) is 0 Å². The van der Waals surface area contributed by atoms with Crippen LogP contribution in [0.25, 0.3) is 0 Å². The van der Waals surface area contributed by atoms with E-state index >= 15 is 0 Å². The highest BCUT2D eigenvalue weighted by atomic mass is 79.9. The number of alkyl halides is 3. The lowest BCUT2D eigenvalue weighted by atomic mass is 9.95. The zero-order valence-corrected chi connectivity index (χ0v) is 17.3. The van der Waals surface area contributed by atoms with E-state index in [9.17, 15) is 27.6 Å². The Kier molecular flexibility index (Phi) is 7.88. The van der Waals surface area contributed by atoms with Crippen molar-refractivity contribution in [3.63, 3.8) is 0 Å². The van der Waals surface area contributed by atoms with Crippen LogP contribution in [0, 0.1) is 5.92 Å². The van der Waals surface area contributed by atoms with Crippen LogP contribution < -0.4 is 5.32 Å². The Bertz CT molecular complexity index is 752. The number of likely N-dealkylation sites (N-methyl/N-ethyl adjacent to an activating group) is 1. The van der Waals surface area contributed by atoms with Crippen LogP contribution in [0.3, 0.4) is 0 Å². The Hall–Kier alpha value is -2.30. The predicted molar refractivity (Wildman–Crippen MR) is 102 cm³/mol. The molecule has 0 radical (unpaired) electrons. The standard InChI is InChI=1S/C18H21BrF3N3O4/c1-24(10-15(26)23-14-5-3-2-4-13(14)19)16(27)12-6-8-25(9-7-12)17(28)29-11-18(20,21)22/h2-5,12H,6-11H2,1H3,(H,23,26). The molecule has 0 aliphatic carbocycles. The van der Waals surface area contributed by atoms with Crippen molar-refractivity contribution in [2.45, 2.75) is 19.0 Å². The first-order valence-electron chi connectivity index (χ1n) is 8.84. The van der Waals surface area contributed by atoms with Gasteiger partial charge in [-0.3, -0.25) is 9.59 Å². The third-order valence-electron chi connectivity index (χ3n) is 4.37. The molecule has 1 N–H and O–H groups in total. The second-order valence-electron chi connectivity index (χ2n) is 6.65. The fourth-order valence-corrected chi connectivity index (χ4v) is 3.29. The molecule has 1 heterocycles. The fraction of sp³-hybridized carbons (Fsp3) is 0.500. The van der Waals surface area contributed by atoms with Gasteiger partial charge >= 0.3 is 12.3 Å². The van der Waals surface area contributed by atoms with E-state index in [4.69, 9.17) is 0 Å². The molecule has 29 heavy (non-hydrogen) atoms. The van der Waals surface area contributed by atoms with E-state index in [1.807, 2.05) is 0 Å². The van der Waals surface area contributed by atoms with Crippen molar-refractivity contribution in [3.8, 4) is 0 Å². The van der Waals surface area contributed by atoms with E-state index < -0.39 is 24.8 Å². The lowest BCUT2D eigenvalue weighted by Crippen LogP contribution is -2.45. The van der Waals surface area contributed by atoms with Crippen LogP contribution in [0.2, 0.25) is 0 Å². The Morgan fingerprint density at radius 1 is 1.24 bits per heavy atom. The maximum absolute atomic E-state index is 12.5. The van der Waals surface area contributed by atoms with Crippen LogP contribution in [-0.2, 0) is 14.3 Å². The first-order valence-corrected chi connectivity index (χ1v) is 9.64. The lowest BCUT2D eigenvalue weighted by Gasteiger charge is -2.32. The van der Waals surface area contributed by atoms with Gasteiger partial charge in [-0.05, 0) is 40.9 Å². The number of ether oxygens (including phenoxy) is 1. The summed E-state index contributed by atoms with van der Waals surface area (Å²) >= 11 is 3.32. The fourth-order valence-electron chi connectivity index (χ4n) is 2.90. The number of carbonyl (C=O) groups is 3. The van der Waals surface area contributed by atoms with Crippen molar-refractivity contribution in [1.29, 1.82) is 0 Å². The van der Waals surface area contributed by atoms with Gasteiger partial charge in [0, 0.05) is 30.5 Å². The number of anilines is 1. The van der Waals surface area contributed by atoms with Crippen molar-refractivity contribution < 1.29 is 32.3 Å². The summed E-state index contributed by atoms with van der Waals surface area (Å²) in [5, 5.41) is 2.71. The van der Waals surface area contributed by atoms with Gasteiger partial charge in [-0.2, -0.15) is 13.2 Å². The number of hydrogen-bond donors (Lipinski definition) is 1. The monoisotopic (exact) mass is 479 g/mol. The molecule has 3 amide bonds. The average molecular weight is 480 g/mol. The van der Waals surface area contributed by atoms with Gasteiger partial charge in [-0.15, -0.1) is 0 Å². The largest absolute Gasteiger partial charge is 0.440 e. The Balaban J connectivity index is 1.78. The maximum atomic E-state index is 12.5. The van der Waals surface area contributed by atoms with Gasteiger partial charge in [0.2, 0.25) is 11.8 Å². The van der Waals surface area contributed by atoms with Crippen LogP contribution in [0.4, 0.5) is 23.7 Å². The molecular weight excluding hydrogens is 459 g/mol. The summed E-state index contributed by atoms with van der Waals surface area (Å²) in [4.78, 5) is 38.8. The molecule has 1 aliphatic heterocycles. The topological polar surface area (TPSA) is 79.0 Å². The zero-order valence-electron chi connectivity index (χ0n) is 15.7. The van der Waals surface area contributed by atoms with Crippen molar-refractivity contribution in [2.75, 3.05) is 38.6 Å². The Morgan fingerprint density at radius 2 is 1.86 bits per heavy atom. The summed E-state index contributed by atoms with van der Waals surface area (Å²) in [5.74, 6) is -1.03. The Morgan fingerprint density at radius 3 is 2.45 bits per heavy atom. The van der Waals surface area contributed by atoms with Crippen molar-refractivity contribution in [1.82, 2.24) is 9.80 Å². The molecule has 1 aliphatic rings. The molecule has 0 bridgehead atoms. The predicted octanol–water partition coefficient (Wildman–Crippen LogP) is 3.26. The van der Waals surface area contributed by atoms with E-state index in [-0.39, 0.29) is 44.3 Å². The number of halogens is 4. The summed E-state index contributed by atoms with van der Waals surface area (Å²) < 4.78 is 41.3. The van der Waals surface area contributed by atoms with Gasteiger partial charge < -0.3 is 19.9 Å². The molecule has 7 nitrogen and oxygen atoms in total. The number of para-hydroxylation sites is 1. The summed E-state index contributed by atoms with van der Waals surface area (Å²) in [7, 11) is 1.51. The van der Waals surface area contributed by atoms with Crippen LogP contribution in [0.5, 0.6) is 0 Å². The molecule has 0 atom stereocenters. The molecule has 1 aromatic rings. The maximum Gasteiger partial charge on any atom is 0.422 e. The number of amides is 3. The lowest BCUT2D eigenvalue weighted by molar-refractivity contribution is -0.162. The molecule has 2 rings (SSSR count). The van der Waals surface area contributed by atoms with Crippen LogP contribution >= 0.6 is 15.9 Å². The minimum absolute atomic E-state index is 0.115. The summed E-state index contributed by atoms with van der Waals surface area (Å²) in [6.45, 7) is -1.55. The zero-order chi connectivity index (χ0) is 21.6. The van der Waals surface area contributed by atoms with E-state index in [0.717, 1.165) is 4.90 Å². The molecule has 1 saturated heterocycles. The van der Waals surface area contributed by atoms with Gasteiger partial charge in [-0.25, -0.2) is 4.79 Å². The third kappa shape index (κ3) is 7.22. The molecule has 0 spiro atoms. The first kappa shape index (κ1) is 23.0. The first-order chi connectivity index (χ1) is 13.6. The quantitative estimate of drug-likeness (QED) is 0.702. The van der Waals surface area contributed by atoms with Gasteiger partial charge in [0.05, 0.1) is 12.2 Å². The molecule has 11 heteroatoms. The molecule has 1 fully saturated rings. The van der Waals surface area contributed by atoms with E-state index in [1.54, 1.807) is 24.3 Å². The van der Waals surface area contributed by atoms with Crippen LogP contribution in [0.1, 0.15) is 12.8 Å². The number of likely N-dealkylation sites (tertiary alicyclic amines) is 1.